The van der Waals surface area contributed by atoms with Crippen molar-refractivity contribution in [1.82, 2.24) is 0 Å². The number of anilines is 3. The number of carbonyl (C=O) groups excluding carboxylic acids is 3. The van der Waals surface area contributed by atoms with Gasteiger partial charge in [-0.25, -0.2) is 0 Å². The van der Waals surface area contributed by atoms with Crippen molar-refractivity contribution in [2.24, 2.45) is 0 Å². The molecule has 3 aromatic rings. The average molecular weight is 488 g/mol. The van der Waals surface area contributed by atoms with Crippen LogP contribution in [0.4, 0.5) is 17.1 Å². The molecule has 3 aromatic carbocycles. The van der Waals surface area contributed by atoms with Crippen LogP contribution in [-0.2, 0) is 0 Å². The van der Waals surface area contributed by atoms with Crippen LogP contribution in [0.3, 0.4) is 0 Å². The molecule has 170 valence electrons. The minimum atomic E-state index is -1.18. The van der Waals surface area contributed by atoms with Crippen LogP contribution in [-0.4, -0.2) is 39.9 Å². The molecule has 0 bridgehead atoms. The van der Waals surface area contributed by atoms with Gasteiger partial charge in [-0.15, -0.1) is 0 Å². The fourth-order valence-electron chi connectivity index (χ4n) is 1.86. The second kappa shape index (κ2) is 16.9. The van der Waals surface area contributed by atoms with Gasteiger partial charge in [0.15, 0.2) is 0 Å². The number of hydrogen-bond donors (Lipinski definition) is 4. The summed E-state index contributed by atoms with van der Waals surface area (Å²) in [5.41, 5.74) is 18.0. The molecule has 0 saturated carbocycles. The van der Waals surface area contributed by atoms with E-state index >= 15 is 0 Å². The molecule has 0 saturated heterocycles. The van der Waals surface area contributed by atoms with E-state index in [2.05, 4.69) is 11.9 Å². The van der Waals surface area contributed by atoms with Gasteiger partial charge in [-0.2, -0.15) is 0 Å². The molecule has 12 heteroatoms. The van der Waals surface area contributed by atoms with Crippen LogP contribution >= 0.6 is 11.9 Å². The predicted molar refractivity (Wildman–Crippen MR) is 119 cm³/mol. The fourth-order valence-corrected chi connectivity index (χ4v) is 1.86. The van der Waals surface area contributed by atoms with Crippen molar-refractivity contribution in [1.29, 1.82) is 0 Å². The number of nitrogen functional groups attached to an aromatic ring is 3. The van der Waals surface area contributed by atoms with E-state index in [4.69, 9.17) is 21.9 Å². The minimum Gasteiger partial charge on any atom is -0.545 e. The van der Waals surface area contributed by atoms with Crippen molar-refractivity contribution in [3.05, 3.63) is 89.5 Å². The van der Waals surface area contributed by atoms with Gasteiger partial charge in [-0.1, -0.05) is 36.4 Å². The Morgan fingerprint density at radius 3 is 0.788 bits per heavy atom. The SMILES string of the molecule is Nc1ccc(C(=O)[O-])cc1.Nc1ccc(C(=O)[O-])cc1.Nc1ccc(C(=O)[O-])cc1.OCl.[Al+3]. The second-order valence-electron chi connectivity index (χ2n) is 5.73. The maximum Gasteiger partial charge on any atom is 3.00 e. The summed E-state index contributed by atoms with van der Waals surface area (Å²) in [6.45, 7) is 0. The van der Waals surface area contributed by atoms with Crippen LogP contribution in [0.25, 0.3) is 0 Å². The number of carboxylic acids is 3. The van der Waals surface area contributed by atoms with Crippen LogP contribution < -0.4 is 32.5 Å². The van der Waals surface area contributed by atoms with Crippen molar-refractivity contribution < 1.29 is 34.4 Å². The first-order valence-corrected chi connectivity index (χ1v) is 8.81. The van der Waals surface area contributed by atoms with Gasteiger partial charge in [-0.05, 0) is 53.1 Å². The van der Waals surface area contributed by atoms with E-state index in [1.165, 1.54) is 72.8 Å². The molecule has 3 rings (SSSR count). The topological polar surface area (TPSA) is 219 Å². The average Bonchev–Trinajstić information content (AvgIpc) is 2.77. The first-order valence-electron chi connectivity index (χ1n) is 8.47. The Kier molecular flexibility index (Phi) is 16.1. The number of rotatable bonds is 3. The second-order valence-corrected chi connectivity index (χ2v) is 5.73. The van der Waals surface area contributed by atoms with E-state index in [1.807, 2.05) is 0 Å². The molecule has 10 nitrogen and oxygen atoms in total. The Bertz CT molecular complexity index is 868. The standard InChI is InChI=1S/3C7H7NO2.Al.ClHO/c3*8-6-3-1-5(2-4-6)7(9)10;;1-2/h3*1-4H,8H2,(H,9,10);;2H/q;;;+3;/p-3. The molecule has 0 fully saturated rings. The molecule has 0 radical (unpaired) electrons. The number of hydrogen-bond acceptors (Lipinski definition) is 10. The van der Waals surface area contributed by atoms with E-state index in [0.29, 0.717) is 17.1 Å². The molecule has 0 aromatic heterocycles. The van der Waals surface area contributed by atoms with Gasteiger partial charge < -0.3 is 46.9 Å². The van der Waals surface area contributed by atoms with E-state index in [-0.39, 0.29) is 34.1 Å². The Morgan fingerprint density at radius 1 is 0.515 bits per heavy atom. The van der Waals surface area contributed by atoms with Crippen molar-refractivity contribution in [3.63, 3.8) is 0 Å². The van der Waals surface area contributed by atoms with Crippen molar-refractivity contribution in [2.45, 2.75) is 0 Å². The minimum absolute atomic E-state index is 0. The summed E-state index contributed by atoms with van der Waals surface area (Å²) in [5.74, 6) is -3.54. The van der Waals surface area contributed by atoms with Gasteiger partial charge in [0.2, 0.25) is 0 Å². The summed E-state index contributed by atoms with van der Waals surface area (Å²) in [6, 6.07) is 17.6. The van der Waals surface area contributed by atoms with Crippen LogP contribution in [0.2, 0.25) is 0 Å². The van der Waals surface area contributed by atoms with Gasteiger partial charge in [0.05, 0.1) is 29.8 Å². The summed E-state index contributed by atoms with van der Waals surface area (Å²) in [4.78, 5) is 30.5. The summed E-state index contributed by atoms with van der Waals surface area (Å²) in [7, 11) is 0. The van der Waals surface area contributed by atoms with E-state index in [9.17, 15) is 29.7 Å². The van der Waals surface area contributed by atoms with Crippen LogP contribution in [0.1, 0.15) is 31.1 Å². The van der Waals surface area contributed by atoms with Gasteiger partial charge in [0.1, 0.15) is 0 Å². The van der Waals surface area contributed by atoms with E-state index in [1.54, 1.807) is 0 Å². The zero-order valence-electron chi connectivity index (χ0n) is 17.0. The maximum atomic E-state index is 10.2. The van der Waals surface area contributed by atoms with Gasteiger partial charge in [-0.3, -0.25) is 4.66 Å². The van der Waals surface area contributed by atoms with Crippen molar-refractivity contribution >= 4 is 64.2 Å². The Labute approximate surface area is 205 Å². The van der Waals surface area contributed by atoms with Crippen molar-refractivity contribution in [3.8, 4) is 0 Å². The molecule has 0 unspecified atom stereocenters. The summed E-state index contributed by atoms with van der Waals surface area (Å²) < 4.78 is 6.47. The van der Waals surface area contributed by atoms with Crippen LogP contribution in [0, 0.1) is 0 Å². The van der Waals surface area contributed by atoms with Crippen LogP contribution in [0.15, 0.2) is 72.8 Å². The molecule has 33 heavy (non-hydrogen) atoms. The quantitative estimate of drug-likeness (QED) is 0.251. The largest absolute Gasteiger partial charge is 3.00 e. The number of halogens is 1. The molecule has 0 aliphatic rings. The third-order valence-corrected chi connectivity index (χ3v) is 3.44. The molecule has 0 spiro atoms. The first kappa shape index (κ1) is 31.4. The molecule has 0 heterocycles. The summed E-state index contributed by atoms with van der Waals surface area (Å²) in [5, 5.41) is 30.5. The van der Waals surface area contributed by atoms with Crippen molar-refractivity contribution in [2.75, 3.05) is 17.2 Å². The zero-order chi connectivity index (χ0) is 24.7. The number of benzene rings is 3. The Balaban J connectivity index is 0. The molecule has 0 aliphatic heterocycles. The number of carboxylic acid groups (broad SMARTS) is 3. The normalized spacial score (nSPS) is 8.55. The molecular formula is C21H19AlClN3O7. The first-order chi connectivity index (χ1) is 15.1. The summed E-state index contributed by atoms with van der Waals surface area (Å²) >= 11 is 3.64. The van der Waals surface area contributed by atoms with E-state index < -0.39 is 17.9 Å². The molecular weight excluding hydrogens is 469 g/mol. The molecule has 0 atom stereocenters. The molecule has 0 amide bonds. The van der Waals surface area contributed by atoms with Gasteiger partial charge in [0, 0.05) is 17.1 Å². The number of carbonyl (C=O) groups is 3. The molecule has 7 N–H and O–H groups in total. The smallest absolute Gasteiger partial charge is 0.545 e. The third kappa shape index (κ3) is 13.3. The Morgan fingerprint density at radius 2 is 0.667 bits per heavy atom. The number of aromatic carboxylic acids is 3. The maximum absolute atomic E-state index is 10.2. The third-order valence-electron chi connectivity index (χ3n) is 3.44. The Hall–Kier alpha value is -3.75. The van der Waals surface area contributed by atoms with Gasteiger partial charge in [0.25, 0.3) is 0 Å². The van der Waals surface area contributed by atoms with E-state index in [0.717, 1.165) is 0 Å². The summed E-state index contributed by atoms with van der Waals surface area (Å²) in [6.07, 6.45) is 0. The fraction of sp³-hybridized carbons (Fsp3) is 0. The number of nitrogens with two attached hydrogens (primary N) is 3. The zero-order valence-corrected chi connectivity index (χ0v) is 18.9. The predicted octanol–water partition coefficient (Wildman–Crippen LogP) is -1.35. The van der Waals surface area contributed by atoms with Crippen LogP contribution in [0.5, 0.6) is 0 Å². The van der Waals surface area contributed by atoms with Gasteiger partial charge >= 0.3 is 17.4 Å². The monoisotopic (exact) mass is 487 g/mol. The molecule has 0 aliphatic carbocycles.